The molecule has 0 unspecified atom stereocenters. The molecule has 0 atom stereocenters. The lowest BCUT2D eigenvalue weighted by atomic mass is 10.2. The molecule has 3 aromatic rings. The molecule has 94 valence electrons. The van der Waals surface area contributed by atoms with Gasteiger partial charge in [0.2, 0.25) is 0 Å². The van der Waals surface area contributed by atoms with E-state index in [1.165, 1.54) is 0 Å². The van der Waals surface area contributed by atoms with E-state index in [1.807, 2.05) is 42.5 Å². The van der Waals surface area contributed by atoms with Crippen LogP contribution < -0.4 is 5.32 Å². The number of aromatic nitrogens is 1. The van der Waals surface area contributed by atoms with Crippen molar-refractivity contribution in [3.63, 3.8) is 0 Å². The SMILES string of the molecule is Clc1ccccc1CNc1ccc2ncccc2c1. The van der Waals surface area contributed by atoms with E-state index in [-0.39, 0.29) is 0 Å². The fourth-order valence-corrected chi connectivity index (χ4v) is 2.23. The first-order chi connectivity index (χ1) is 9.33. The van der Waals surface area contributed by atoms with Crippen molar-refractivity contribution in [2.75, 3.05) is 5.32 Å². The number of nitrogens with zero attached hydrogens (tertiary/aromatic N) is 1. The molecule has 0 saturated heterocycles. The van der Waals surface area contributed by atoms with Gasteiger partial charge in [-0.15, -0.1) is 0 Å². The number of benzene rings is 2. The van der Waals surface area contributed by atoms with E-state index < -0.39 is 0 Å². The van der Waals surface area contributed by atoms with Crippen LogP contribution in [0.15, 0.2) is 60.8 Å². The van der Waals surface area contributed by atoms with Crippen molar-refractivity contribution in [2.45, 2.75) is 6.54 Å². The van der Waals surface area contributed by atoms with E-state index in [0.717, 1.165) is 27.2 Å². The fourth-order valence-electron chi connectivity index (χ4n) is 2.02. The number of fused-ring (bicyclic) bond motifs is 1. The first kappa shape index (κ1) is 12.0. The normalized spacial score (nSPS) is 10.6. The Hall–Kier alpha value is -2.06. The number of pyridine rings is 1. The molecule has 0 fully saturated rings. The summed E-state index contributed by atoms with van der Waals surface area (Å²) in [5.41, 5.74) is 3.17. The van der Waals surface area contributed by atoms with Crippen LogP contribution in [0.5, 0.6) is 0 Å². The molecule has 0 radical (unpaired) electrons. The number of anilines is 1. The van der Waals surface area contributed by atoms with E-state index in [4.69, 9.17) is 11.6 Å². The molecule has 0 aliphatic rings. The highest BCUT2D eigenvalue weighted by Gasteiger charge is 2.00. The van der Waals surface area contributed by atoms with Gasteiger partial charge in [0.15, 0.2) is 0 Å². The fraction of sp³-hybridized carbons (Fsp3) is 0.0625. The van der Waals surface area contributed by atoms with E-state index in [1.54, 1.807) is 6.20 Å². The van der Waals surface area contributed by atoms with Crippen molar-refractivity contribution < 1.29 is 0 Å². The van der Waals surface area contributed by atoms with Gasteiger partial charge in [-0.1, -0.05) is 35.9 Å². The van der Waals surface area contributed by atoms with Crippen LogP contribution in [-0.2, 0) is 6.54 Å². The Morgan fingerprint density at radius 3 is 2.79 bits per heavy atom. The highest BCUT2D eigenvalue weighted by Crippen LogP contribution is 2.20. The summed E-state index contributed by atoms with van der Waals surface area (Å²) in [7, 11) is 0. The Labute approximate surface area is 117 Å². The Balaban J connectivity index is 1.80. The maximum absolute atomic E-state index is 6.14. The van der Waals surface area contributed by atoms with Gasteiger partial charge in [-0.25, -0.2) is 0 Å². The Bertz CT molecular complexity index is 710. The first-order valence-corrected chi connectivity index (χ1v) is 6.53. The van der Waals surface area contributed by atoms with E-state index in [0.29, 0.717) is 6.54 Å². The molecule has 0 aliphatic heterocycles. The molecular formula is C16H13ClN2. The second-order valence-corrected chi connectivity index (χ2v) is 4.76. The summed E-state index contributed by atoms with van der Waals surface area (Å²) in [5.74, 6) is 0. The van der Waals surface area contributed by atoms with Crippen molar-refractivity contribution >= 4 is 28.2 Å². The summed E-state index contributed by atoms with van der Waals surface area (Å²) in [6, 6.07) is 18.0. The van der Waals surface area contributed by atoms with Gasteiger partial charge < -0.3 is 5.32 Å². The molecule has 0 amide bonds. The van der Waals surface area contributed by atoms with Gasteiger partial charge in [0, 0.05) is 28.8 Å². The first-order valence-electron chi connectivity index (χ1n) is 6.15. The average Bonchev–Trinajstić information content (AvgIpc) is 2.46. The number of nitrogens with one attached hydrogen (secondary N) is 1. The van der Waals surface area contributed by atoms with Crippen LogP contribution in [0.3, 0.4) is 0 Å². The Morgan fingerprint density at radius 2 is 1.89 bits per heavy atom. The lowest BCUT2D eigenvalue weighted by Crippen LogP contribution is -1.99. The number of hydrogen-bond acceptors (Lipinski definition) is 2. The number of halogens is 1. The maximum atomic E-state index is 6.14. The molecule has 1 N–H and O–H groups in total. The molecule has 1 aromatic heterocycles. The minimum absolute atomic E-state index is 0.714. The summed E-state index contributed by atoms with van der Waals surface area (Å²) in [6.45, 7) is 0.714. The van der Waals surface area contributed by atoms with Crippen LogP contribution in [0.2, 0.25) is 5.02 Å². The lowest BCUT2D eigenvalue weighted by Gasteiger charge is -2.08. The molecule has 0 bridgehead atoms. The maximum Gasteiger partial charge on any atom is 0.0703 e. The quantitative estimate of drug-likeness (QED) is 0.756. The average molecular weight is 269 g/mol. The van der Waals surface area contributed by atoms with Crippen LogP contribution >= 0.6 is 11.6 Å². The minimum Gasteiger partial charge on any atom is -0.381 e. The predicted molar refractivity (Wildman–Crippen MR) is 80.5 cm³/mol. The van der Waals surface area contributed by atoms with Crippen molar-refractivity contribution in [1.29, 1.82) is 0 Å². The summed E-state index contributed by atoms with van der Waals surface area (Å²) < 4.78 is 0. The minimum atomic E-state index is 0.714. The number of hydrogen-bond donors (Lipinski definition) is 1. The van der Waals surface area contributed by atoms with E-state index in [9.17, 15) is 0 Å². The highest BCUT2D eigenvalue weighted by molar-refractivity contribution is 6.31. The molecule has 2 aromatic carbocycles. The van der Waals surface area contributed by atoms with Crippen molar-refractivity contribution in [2.24, 2.45) is 0 Å². The van der Waals surface area contributed by atoms with Crippen molar-refractivity contribution in [3.05, 3.63) is 71.4 Å². The third kappa shape index (κ3) is 2.69. The zero-order valence-corrected chi connectivity index (χ0v) is 11.1. The van der Waals surface area contributed by atoms with Crippen LogP contribution in [0.25, 0.3) is 10.9 Å². The molecule has 2 nitrogen and oxygen atoms in total. The van der Waals surface area contributed by atoms with Crippen LogP contribution in [0, 0.1) is 0 Å². The van der Waals surface area contributed by atoms with Gasteiger partial charge in [0.25, 0.3) is 0 Å². The molecule has 1 heterocycles. The van der Waals surface area contributed by atoms with Gasteiger partial charge in [-0.2, -0.15) is 0 Å². The summed E-state index contributed by atoms with van der Waals surface area (Å²) in [4.78, 5) is 4.31. The summed E-state index contributed by atoms with van der Waals surface area (Å²) in [5, 5.41) is 5.30. The standard InChI is InChI=1S/C16H13ClN2/c17-15-6-2-1-4-13(15)11-19-14-7-8-16-12(10-14)5-3-9-18-16/h1-10,19H,11H2. The Kier molecular flexibility index (Phi) is 3.34. The monoisotopic (exact) mass is 268 g/mol. The lowest BCUT2D eigenvalue weighted by molar-refractivity contribution is 1.15. The zero-order chi connectivity index (χ0) is 13.1. The summed E-state index contributed by atoms with van der Waals surface area (Å²) >= 11 is 6.14. The second-order valence-electron chi connectivity index (χ2n) is 4.36. The highest BCUT2D eigenvalue weighted by atomic mass is 35.5. The predicted octanol–water partition coefficient (Wildman–Crippen LogP) is 4.50. The Morgan fingerprint density at radius 1 is 1.00 bits per heavy atom. The second kappa shape index (κ2) is 5.29. The van der Waals surface area contributed by atoms with Gasteiger partial charge in [-0.3, -0.25) is 4.98 Å². The van der Waals surface area contributed by atoms with Crippen molar-refractivity contribution in [3.8, 4) is 0 Å². The molecule has 0 saturated carbocycles. The third-order valence-corrected chi connectivity index (χ3v) is 3.41. The molecule has 3 heteroatoms. The molecule has 19 heavy (non-hydrogen) atoms. The smallest absolute Gasteiger partial charge is 0.0703 e. The summed E-state index contributed by atoms with van der Waals surface area (Å²) in [6.07, 6.45) is 1.80. The zero-order valence-electron chi connectivity index (χ0n) is 10.3. The molecule has 3 rings (SSSR count). The topological polar surface area (TPSA) is 24.9 Å². The number of rotatable bonds is 3. The largest absolute Gasteiger partial charge is 0.381 e. The van der Waals surface area contributed by atoms with E-state index in [2.05, 4.69) is 22.4 Å². The molecule has 0 aliphatic carbocycles. The van der Waals surface area contributed by atoms with Crippen molar-refractivity contribution in [1.82, 2.24) is 4.98 Å². The van der Waals surface area contributed by atoms with E-state index >= 15 is 0 Å². The van der Waals surface area contributed by atoms with Crippen LogP contribution in [0.4, 0.5) is 5.69 Å². The van der Waals surface area contributed by atoms with Gasteiger partial charge in [0.1, 0.15) is 0 Å². The third-order valence-electron chi connectivity index (χ3n) is 3.04. The van der Waals surface area contributed by atoms with Gasteiger partial charge in [0.05, 0.1) is 5.52 Å². The molecule has 0 spiro atoms. The van der Waals surface area contributed by atoms with Crippen LogP contribution in [-0.4, -0.2) is 4.98 Å². The van der Waals surface area contributed by atoms with Gasteiger partial charge in [-0.05, 0) is 35.9 Å². The van der Waals surface area contributed by atoms with Crippen LogP contribution in [0.1, 0.15) is 5.56 Å². The van der Waals surface area contributed by atoms with Gasteiger partial charge >= 0.3 is 0 Å². The molecular weight excluding hydrogens is 256 g/mol.